The second kappa shape index (κ2) is 6.25. The van der Waals surface area contributed by atoms with Crippen molar-refractivity contribution in [1.29, 1.82) is 0 Å². The van der Waals surface area contributed by atoms with Gasteiger partial charge in [-0.3, -0.25) is 0 Å². The van der Waals surface area contributed by atoms with Crippen molar-refractivity contribution in [2.24, 2.45) is 0 Å². The predicted octanol–water partition coefficient (Wildman–Crippen LogP) is 4.49. The summed E-state index contributed by atoms with van der Waals surface area (Å²) in [5.74, 6) is 0. The molecule has 1 aromatic heterocycles. The summed E-state index contributed by atoms with van der Waals surface area (Å²) in [7, 11) is 0. The number of aryl methyl sites for hydroxylation is 1. The fourth-order valence-corrected chi connectivity index (χ4v) is 2.46. The molecular formula is C14H15BrN2S. The number of hydrogen-bond acceptors (Lipinski definition) is 3. The third-order valence-corrected chi connectivity index (χ3v) is 3.88. The number of nitrogens with one attached hydrogen (secondary N) is 1. The number of pyridine rings is 1. The van der Waals surface area contributed by atoms with E-state index in [4.69, 9.17) is 0 Å². The monoisotopic (exact) mass is 322 g/mol. The van der Waals surface area contributed by atoms with Gasteiger partial charge in [0, 0.05) is 11.4 Å². The number of rotatable bonds is 4. The van der Waals surface area contributed by atoms with Crippen molar-refractivity contribution in [3.8, 4) is 0 Å². The lowest BCUT2D eigenvalue weighted by molar-refractivity contribution is 1.09. The minimum atomic E-state index is 0.818. The summed E-state index contributed by atoms with van der Waals surface area (Å²) in [5, 5.41) is 3.40. The van der Waals surface area contributed by atoms with Crippen LogP contribution in [0.5, 0.6) is 0 Å². The van der Waals surface area contributed by atoms with Crippen molar-refractivity contribution in [2.45, 2.75) is 18.4 Å². The van der Waals surface area contributed by atoms with E-state index in [2.05, 4.69) is 56.8 Å². The molecule has 0 radical (unpaired) electrons. The zero-order valence-corrected chi connectivity index (χ0v) is 12.8. The summed E-state index contributed by atoms with van der Waals surface area (Å²) in [6.07, 6.45) is 2.09. The largest absolute Gasteiger partial charge is 0.380 e. The second-order valence-electron chi connectivity index (χ2n) is 3.97. The van der Waals surface area contributed by atoms with Gasteiger partial charge in [0.05, 0.1) is 11.4 Å². The Balaban J connectivity index is 2.02. The summed E-state index contributed by atoms with van der Waals surface area (Å²) in [5.41, 5.74) is 3.35. The highest BCUT2D eigenvalue weighted by Gasteiger charge is 2.00. The molecule has 0 unspecified atom stereocenters. The molecule has 2 rings (SSSR count). The Morgan fingerprint density at radius 2 is 1.89 bits per heavy atom. The second-order valence-corrected chi connectivity index (χ2v) is 5.66. The van der Waals surface area contributed by atoms with Crippen molar-refractivity contribution in [3.05, 3.63) is 52.3 Å². The maximum absolute atomic E-state index is 4.36. The Morgan fingerprint density at radius 1 is 1.17 bits per heavy atom. The molecule has 0 amide bonds. The van der Waals surface area contributed by atoms with E-state index < -0.39 is 0 Å². The average Bonchev–Trinajstić information content (AvgIpc) is 2.38. The Labute approximate surface area is 120 Å². The van der Waals surface area contributed by atoms with Crippen molar-refractivity contribution in [3.63, 3.8) is 0 Å². The van der Waals surface area contributed by atoms with Crippen LogP contribution in [0.4, 0.5) is 5.69 Å². The van der Waals surface area contributed by atoms with Crippen LogP contribution in [0.25, 0.3) is 0 Å². The number of benzene rings is 1. The molecule has 0 bridgehead atoms. The molecule has 1 aromatic carbocycles. The van der Waals surface area contributed by atoms with Crippen molar-refractivity contribution < 1.29 is 0 Å². The molecule has 0 saturated heterocycles. The first-order chi connectivity index (χ1) is 8.69. The molecule has 0 saturated carbocycles. The standard InChI is InChI=1S/C14H15BrN2S/c1-10-13(7-8-14(15)17-10)16-9-11-3-5-12(18-2)6-4-11/h3-8,16H,9H2,1-2H3. The third kappa shape index (κ3) is 3.50. The Morgan fingerprint density at radius 3 is 2.50 bits per heavy atom. The zero-order chi connectivity index (χ0) is 13.0. The molecule has 1 N–H and O–H groups in total. The van der Waals surface area contributed by atoms with E-state index in [0.717, 1.165) is 22.5 Å². The van der Waals surface area contributed by atoms with Crippen LogP contribution in [-0.4, -0.2) is 11.2 Å². The fraction of sp³-hybridized carbons (Fsp3) is 0.214. The van der Waals surface area contributed by atoms with Crippen LogP contribution in [0.15, 0.2) is 45.9 Å². The molecule has 0 aliphatic heterocycles. The minimum absolute atomic E-state index is 0.818. The van der Waals surface area contributed by atoms with E-state index >= 15 is 0 Å². The molecule has 0 aliphatic rings. The average molecular weight is 323 g/mol. The molecule has 0 atom stereocenters. The summed E-state index contributed by atoms with van der Waals surface area (Å²) < 4.78 is 0.870. The van der Waals surface area contributed by atoms with Crippen molar-refractivity contribution in [2.75, 3.05) is 11.6 Å². The van der Waals surface area contributed by atoms with Crippen LogP contribution in [0, 0.1) is 6.92 Å². The Kier molecular flexibility index (Phi) is 4.66. The highest BCUT2D eigenvalue weighted by molar-refractivity contribution is 9.10. The molecule has 2 aromatic rings. The molecule has 94 valence electrons. The van der Waals surface area contributed by atoms with Crippen LogP contribution in [-0.2, 0) is 6.54 Å². The maximum atomic E-state index is 4.36. The molecular weight excluding hydrogens is 308 g/mol. The summed E-state index contributed by atoms with van der Waals surface area (Å²) in [6.45, 7) is 2.82. The van der Waals surface area contributed by atoms with Crippen molar-refractivity contribution in [1.82, 2.24) is 4.98 Å². The molecule has 18 heavy (non-hydrogen) atoms. The lowest BCUT2D eigenvalue weighted by Gasteiger charge is -2.09. The van der Waals surface area contributed by atoms with Crippen LogP contribution in [0.1, 0.15) is 11.3 Å². The lowest BCUT2D eigenvalue weighted by atomic mass is 10.2. The van der Waals surface area contributed by atoms with Gasteiger partial charge in [0.1, 0.15) is 4.60 Å². The van der Waals surface area contributed by atoms with Crippen LogP contribution in [0.2, 0.25) is 0 Å². The number of thioether (sulfide) groups is 1. The van der Waals surface area contributed by atoms with Gasteiger partial charge in [0.2, 0.25) is 0 Å². The third-order valence-electron chi connectivity index (χ3n) is 2.69. The minimum Gasteiger partial charge on any atom is -0.380 e. The molecule has 2 nitrogen and oxygen atoms in total. The van der Waals surface area contributed by atoms with E-state index in [-0.39, 0.29) is 0 Å². The number of halogens is 1. The van der Waals surface area contributed by atoms with Gasteiger partial charge < -0.3 is 5.32 Å². The highest BCUT2D eigenvalue weighted by Crippen LogP contribution is 2.18. The van der Waals surface area contributed by atoms with Gasteiger partial charge in [-0.1, -0.05) is 12.1 Å². The van der Waals surface area contributed by atoms with Crippen LogP contribution >= 0.6 is 27.7 Å². The predicted molar refractivity (Wildman–Crippen MR) is 82.2 cm³/mol. The van der Waals surface area contributed by atoms with Gasteiger partial charge in [0.15, 0.2) is 0 Å². The van der Waals surface area contributed by atoms with Gasteiger partial charge in [0.25, 0.3) is 0 Å². The fourth-order valence-electron chi connectivity index (χ4n) is 1.66. The van der Waals surface area contributed by atoms with E-state index in [9.17, 15) is 0 Å². The topological polar surface area (TPSA) is 24.9 Å². The summed E-state index contributed by atoms with van der Waals surface area (Å²) >= 11 is 5.13. The van der Waals surface area contributed by atoms with Gasteiger partial charge in [-0.2, -0.15) is 0 Å². The van der Waals surface area contributed by atoms with Gasteiger partial charge in [-0.25, -0.2) is 4.98 Å². The van der Waals surface area contributed by atoms with E-state index in [0.29, 0.717) is 0 Å². The lowest BCUT2D eigenvalue weighted by Crippen LogP contribution is -2.02. The first-order valence-corrected chi connectivity index (χ1v) is 7.71. The van der Waals surface area contributed by atoms with Crippen LogP contribution < -0.4 is 5.32 Å². The normalized spacial score (nSPS) is 10.4. The first kappa shape index (κ1) is 13.4. The number of aromatic nitrogens is 1. The van der Waals surface area contributed by atoms with E-state index in [1.165, 1.54) is 10.5 Å². The zero-order valence-electron chi connectivity index (χ0n) is 10.4. The molecule has 0 aliphatic carbocycles. The Hall–Kier alpha value is -1.00. The molecule has 0 fully saturated rings. The van der Waals surface area contributed by atoms with E-state index in [1.54, 1.807) is 11.8 Å². The van der Waals surface area contributed by atoms with E-state index in [1.807, 2.05) is 19.1 Å². The van der Waals surface area contributed by atoms with Gasteiger partial charge in [-0.05, 0) is 58.9 Å². The molecule has 1 heterocycles. The SMILES string of the molecule is CSc1ccc(CNc2ccc(Br)nc2C)cc1. The van der Waals surface area contributed by atoms with Gasteiger partial charge in [-0.15, -0.1) is 11.8 Å². The summed E-state index contributed by atoms with van der Waals surface area (Å²) in [4.78, 5) is 5.66. The quantitative estimate of drug-likeness (QED) is 0.663. The Bertz CT molecular complexity index is 526. The first-order valence-electron chi connectivity index (χ1n) is 5.69. The smallest absolute Gasteiger partial charge is 0.106 e. The molecule has 0 spiro atoms. The molecule has 4 heteroatoms. The maximum Gasteiger partial charge on any atom is 0.106 e. The number of hydrogen-bond donors (Lipinski definition) is 1. The van der Waals surface area contributed by atoms with Crippen LogP contribution in [0.3, 0.4) is 0 Å². The van der Waals surface area contributed by atoms with Crippen molar-refractivity contribution >= 4 is 33.4 Å². The highest BCUT2D eigenvalue weighted by atomic mass is 79.9. The van der Waals surface area contributed by atoms with Gasteiger partial charge >= 0.3 is 0 Å². The number of anilines is 1. The number of nitrogens with zero attached hydrogens (tertiary/aromatic N) is 1. The summed E-state index contributed by atoms with van der Waals surface area (Å²) in [6, 6.07) is 12.6.